The zero-order chi connectivity index (χ0) is 16.3. The molecule has 5 heteroatoms. The van der Waals surface area contributed by atoms with E-state index in [2.05, 4.69) is 5.32 Å². The number of ether oxygens (including phenoxy) is 1. The van der Waals surface area contributed by atoms with Gasteiger partial charge in [0.1, 0.15) is 5.75 Å². The van der Waals surface area contributed by atoms with Gasteiger partial charge in [-0.1, -0.05) is 12.1 Å². The maximum Gasteiger partial charge on any atom is 0.318 e. The van der Waals surface area contributed by atoms with Gasteiger partial charge in [0.2, 0.25) is 0 Å². The number of benzene rings is 1. The molecule has 1 heterocycles. The predicted molar refractivity (Wildman–Crippen MR) is 86.0 cm³/mol. The summed E-state index contributed by atoms with van der Waals surface area (Å²) in [5, 5.41) is 13.1. The van der Waals surface area contributed by atoms with E-state index in [1.165, 1.54) is 0 Å². The van der Waals surface area contributed by atoms with Crippen molar-refractivity contribution in [3.8, 4) is 5.75 Å². The fraction of sp³-hybridized carbons (Fsp3) is 0.588. The molecule has 122 valence electrons. The maximum atomic E-state index is 12.4. The summed E-state index contributed by atoms with van der Waals surface area (Å²) in [5.41, 5.74) is 1.21. The summed E-state index contributed by atoms with van der Waals surface area (Å²) < 4.78 is 5.23. The molecule has 0 saturated carbocycles. The van der Waals surface area contributed by atoms with Crippen LogP contribution in [-0.2, 0) is 6.54 Å². The molecule has 5 nitrogen and oxygen atoms in total. The molecule has 2 N–H and O–H groups in total. The molecular formula is C17H26N2O3. The van der Waals surface area contributed by atoms with Crippen molar-refractivity contribution in [2.24, 2.45) is 0 Å². The smallest absolute Gasteiger partial charge is 0.318 e. The van der Waals surface area contributed by atoms with E-state index in [1.54, 1.807) is 25.9 Å². The molecule has 1 aliphatic heterocycles. The van der Waals surface area contributed by atoms with E-state index >= 15 is 0 Å². The van der Waals surface area contributed by atoms with Gasteiger partial charge in [0.25, 0.3) is 0 Å². The molecule has 22 heavy (non-hydrogen) atoms. The molecule has 1 fully saturated rings. The highest BCUT2D eigenvalue weighted by Crippen LogP contribution is 2.26. The number of nitrogens with one attached hydrogen (secondary N) is 1. The van der Waals surface area contributed by atoms with Gasteiger partial charge >= 0.3 is 6.03 Å². The van der Waals surface area contributed by atoms with Crippen molar-refractivity contribution in [2.75, 3.05) is 13.7 Å². The molecule has 0 radical (unpaired) electrons. The molecule has 0 spiro atoms. The molecule has 1 saturated heterocycles. The Bertz CT molecular complexity index is 537. The number of aryl methyl sites for hydroxylation is 1. The van der Waals surface area contributed by atoms with Crippen LogP contribution in [0, 0.1) is 6.92 Å². The van der Waals surface area contributed by atoms with Crippen LogP contribution in [0.15, 0.2) is 18.2 Å². The molecule has 1 aromatic rings. The Morgan fingerprint density at radius 2 is 2.23 bits per heavy atom. The third-order valence-electron chi connectivity index (χ3n) is 4.23. The lowest BCUT2D eigenvalue weighted by atomic mass is 9.97. The molecule has 0 bridgehead atoms. The van der Waals surface area contributed by atoms with Crippen LogP contribution in [0.25, 0.3) is 0 Å². The number of carbonyl (C=O) groups excluding carboxylic acids is 1. The fourth-order valence-corrected chi connectivity index (χ4v) is 3.07. The number of hydrogen-bond donors (Lipinski definition) is 2. The monoisotopic (exact) mass is 306 g/mol. The van der Waals surface area contributed by atoms with Crippen molar-refractivity contribution in [3.05, 3.63) is 29.3 Å². The van der Waals surface area contributed by atoms with Gasteiger partial charge in [0.15, 0.2) is 0 Å². The molecule has 0 unspecified atom stereocenters. The Balaban J connectivity index is 1.96. The van der Waals surface area contributed by atoms with Gasteiger partial charge in [-0.15, -0.1) is 0 Å². The molecule has 2 rings (SSSR count). The Morgan fingerprint density at radius 3 is 2.82 bits per heavy atom. The van der Waals surface area contributed by atoms with E-state index in [4.69, 9.17) is 4.74 Å². The summed E-state index contributed by atoms with van der Waals surface area (Å²) in [6.45, 7) is 6.67. The van der Waals surface area contributed by atoms with Crippen LogP contribution < -0.4 is 10.1 Å². The van der Waals surface area contributed by atoms with E-state index in [9.17, 15) is 9.90 Å². The van der Waals surface area contributed by atoms with Gasteiger partial charge in [-0.3, -0.25) is 0 Å². The summed E-state index contributed by atoms with van der Waals surface area (Å²) in [6.07, 6.45) is 1.78. The van der Waals surface area contributed by atoms with Crippen molar-refractivity contribution in [1.29, 1.82) is 0 Å². The van der Waals surface area contributed by atoms with E-state index in [-0.39, 0.29) is 12.1 Å². The number of carbonyl (C=O) groups is 1. The number of aliphatic hydroxyl groups is 1. The molecule has 0 aromatic heterocycles. The Hall–Kier alpha value is -1.75. The average molecular weight is 306 g/mol. The molecule has 1 atom stereocenters. The van der Waals surface area contributed by atoms with E-state index in [1.807, 2.05) is 25.1 Å². The lowest BCUT2D eigenvalue weighted by molar-refractivity contribution is 0.00979. The number of methoxy groups -OCH3 is 1. The topological polar surface area (TPSA) is 61.8 Å². The minimum absolute atomic E-state index is 0.113. The van der Waals surface area contributed by atoms with E-state index in [0.29, 0.717) is 13.1 Å². The highest BCUT2D eigenvalue weighted by Gasteiger charge is 2.38. The van der Waals surface area contributed by atoms with Crippen LogP contribution in [0.2, 0.25) is 0 Å². The zero-order valence-electron chi connectivity index (χ0n) is 13.8. The second-order valence-electron chi connectivity index (χ2n) is 6.47. The fourth-order valence-electron chi connectivity index (χ4n) is 3.07. The first-order valence-corrected chi connectivity index (χ1v) is 7.73. The number of rotatable bonds is 4. The predicted octanol–water partition coefficient (Wildman–Crippen LogP) is 2.45. The summed E-state index contributed by atoms with van der Waals surface area (Å²) in [4.78, 5) is 14.1. The van der Waals surface area contributed by atoms with Crippen molar-refractivity contribution < 1.29 is 14.6 Å². The van der Waals surface area contributed by atoms with Crippen molar-refractivity contribution in [2.45, 2.75) is 51.8 Å². The molecule has 2 amide bonds. The van der Waals surface area contributed by atoms with Crippen molar-refractivity contribution in [3.63, 3.8) is 0 Å². The second kappa shape index (κ2) is 6.57. The van der Waals surface area contributed by atoms with Crippen LogP contribution in [0.4, 0.5) is 4.79 Å². The van der Waals surface area contributed by atoms with Gasteiger partial charge in [-0.05, 0) is 50.8 Å². The van der Waals surface area contributed by atoms with Crippen LogP contribution in [0.3, 0.4) is 0 Å². The van der Waals surface area contributed by atoms with Crippen LogP contribution >= 0.6 is 0 Å². The first-order valence-electron chi connectivity index (χ1n) is 7.73. The van der Waals surface area contributed by atoms with Gasteiger partial charge in [0, 0.05) is 13.1 Å². The third kappa shape index (κ3) is 3.71. The van der Waals surface area contributed by atoms with Gasteiger partial charge in [-0.25, -0.2) is 4.79 Å². The highest BCUT2D eigenvalue weighted by atomic mass is 16.5. The van der Waals surface area contributed by atoms with E-state index in [0.717, 1.165) is 29.7 Å². The Kier molecular flexibility index (Phi) is 4.96. The second-order valence-corrected chi connectivity index (χ2v) is 6.47. The minimum Gasteiger partial charge on any atom is -0.496 e. The maximum absolute atomic E-state index is 12.4. The zero-order valence-corrected chi connectivity index (χ0v) is 13.8. The van der Waals surface area contributed by atoms with Gasteiger partial charge < -0.3 is 20.1 Å². The Morgan fingerprint density at radius 1 is 1.50 bits per heavy atom. The summed E-state index contributed by atoms with van der Waals surface area (Å²) in [7, 11) is 1.65. The average Bonchev–Trinajstić information content (AvgIpc) is 2.94. The number of urea groups is 1. The lowest BCUT2D eigenvalue weighted by Gasteiger charge is -2.33. The highest BCUT2D eigenvalue weighted by molar-refractivity contribution is 5.75. The number of hydrogen-bond acceptors (Lipinski definition) is 3. The molecule has 1 aromatic carbocycles. The number of nitrogens with zero attached hydrogens (tertiary/aromatic N) is 1. The largest absolute Gasteiger partial charge is 0.496 e. The molecular weight excluding hydrogens is 280 g/mol. The van der Waals surface area contributed by atoms with E-state index < -0.39 is 5.60 Å². The van der Waals surface area contributed by atoms with Gasteiger partial charge in [-0.2, -0.15) is 0 Å². The minimum atomic E-state index is -0.870. The van der Waals surface area contributed by atoms with Crippen molar-refractivity contribution >= 4 is 6.03 Å². The summed E-state index contributed by atoms with van der Waals surface area (Å²) in [5.74, 6) is 0.844. The van der Waals surface area contributed by atoms with Crippen LogP contribution in [-0.4, -0.2) is 41.3 Å². The third-order valence-corrected chi connectivity index (χ3v) is 4.23. The van der Waals surface area contributed by atoms with Crippen molar-refractivity contribution in [1.82, 2.24) is 10.2 Å². The van der Waals surface area contributed by atoms with Crippen LogP contribution in [0.5, 0.6) is 5.75 Å². The standard InChI is InChI=1S/C17H26N2O3/c1-12-10-13(7-8-14(12)22-4)11-18-16(20)19-9-5-6-15(19)17(2,3)21/h7-8,10,15,21H,5-6,9,11H2,1-4H3,(H,18,20)/t15-/m0/s1. The van der Waals surface area contributed by atoms with Gasteiger partial charge in [0.05, 0.1) is 18.8 Å². The number of amides is 2. The first-order chi connectivity index (χ1) is 10.3. The number of likely N-dealkylation sites (tertiary alicyclic amines) is 1. The SMILES string of the molecule is COc1ccc(CNC(=O)N2CCC[C@H]2C(C)(C)O)cc1C. The summed E-state index contributed by atoms with van der Waals surface area (Å²) >= 11 is 0. The lowest BCUT2D eigenvalue weighted by Crippen LogP contribution is -2.51. The normalized spacial score (nSPS) is 18.4. The quantitative estimate of drug-likeness (QED) is 0.898. The Labute approximate surface area is 132 Å². The first kappa shape index (κ1) is 16.6. The summed E-state index contributed by atoms with van der Waals surface area (Å²) in [6, 6.07) is 5.63. The molecule has 0 aliphatic carbocycles. The molecule has 1 aliphatic rings. The van der Waals surface area contributed by atoms with Crippen LogP contribution in [0.1, 0.15) is 37.8 Å².